The Morgan fingerprint density at radius 3 is 1.62 bits per heavy atom. The van der Waals surface area contributed by atoms with Gasteiger partial charge in [0, 0.05) is 24.0 Å². The molecule has 3 aromatic carbocycles. The highest BCUT2D eigenvalue weighted by Crippen LogP contribution is 2.64. The number of hydrogen-bond donors (Lipinski definition) is 0. The summed E-state index contributed by atoms with van der Waals surface area (Å²) >= 11 is 0. The van der Waals surface area contributed by atoms with Crippen LogP contribution in [-0.2, 0) is 44.9 Å². The Hall–Kier alpha value is -3.87. The van der Waals surface area contributed by atoms with Gasteiger partial charge in [-0.1, -0.05) is 44.2 Å². The van der Waals surface area contributed by atoms with Gasteiger partial charge >= 0.3 is 11.9 Å². The fourth-order valence-corrected chi connectivity index (χ4v) is 10.2. The second-order valence-corrected chi connectivity index (χ2v) is 19.1. The van der Waals surface area contributed by atoms with Crippen LogP contribution in [0.4, 0.5) is 0 Å². The zero-order valence-electron chi connectivity index (χ0n) is 31.2. The molecular weight excluding hydrogens is 705 g/mol. The Labute approximate surface area is 310 Å². The molecule has 12 heteroatoms. The van der Waals surface area contributed by atoms with Crippen molar-refractivity contribution in [1.82, 2.24) is 0 Å². The lowest BCUT2D eigenvalue weighted by atomic mass is 9.70. The summed E-state index contributed by atoms with van der Waals surface area (Å²) in [6, 6.07) is 25.5. The van der Waals surface area contributed by atoms with Gasteiger partial charge in [0.15, 0.2) is 27.9 Å². The van der Waals surface area contributed by atoms with Gasteiger partial charge in [-0.3, -0.25) is 4.79 Å². The van der Waals surface area contributed by atoms with E-state index in [-0.39, 0.29) is 30.3 Å². The quantitative estimate of drug-likeness (QED) is 0.112. The summed E-state index contributed by atoms with van der Waals surface area (Å²) in [5, 5.41) is 0. The van der Waals surface area contributed by atoms with Gasteiger partial charge in [-0.15, -0.1) is 0 Å². The van der Waals surface area contributed by atoms with Gasteiger partial charge in [0.25, 0.3) is 0 Å². The summed E-state index contributed by atoms with van der Waals surface area (Å²) in [6.45, 7) is 14.4. The molecule has 0 saturated heterocycles. The second kappa shape index (κ2) is 16.0. The van der Waals surface area contributed by atoms with Crippen molar-refractivity contribution in [3.8, 4) is 11.5 Å². The molecule has 0 spiro atoms. The fraction of sp³-hybridized carbons (Fsp3) is 0.475. The first kappa shape index (κ1) is 40.9. The SMILES string of the molecule is CC(C)(C)OC(=O)COc1cccc([S+](c2ccccc2)c2cccc(OCC(=O)OC(C)(C)C)c2)c1.CC1(C)C2CCC1(CS(=O)(=O)[O-])C(=O)C2. The van der Waals surface area contributed by atoms with Crippen molar-refractivity contribution in [3.05, 3.63) is 78.9 Å². The highest BCUT2D eigenvalue weighted by Gasteiger charge is 2.64. The summed E-state index contributed by atoms with van der Waals surface area (Å²) < 4.78 is 54.9. The van der Waals surface area contributed by atoms with Crippen LogP contribution in [-0.4, -0.2) is 60.9 Å². The lowest BCUT2D eigenvalue weighted by Crippen LogP contribution is -2.42. The maximum Gasteiger partial charge on any atom is 0.344 e. The molecule has 2 fully saturated rings. The van der Waals surface area contributed by atoms with E-state index in [2.05, 4.69) is 12.1 Å². The third-order valence-electron chi connectivity index (χ3n) is 9.18. The number of hydrogen-bond acceptors (Lipinski definition) is 10. The third-order valence-corrected chi connectivity index (χ3v) is 12.2. The smallest absolute Gasteiger partial charge is 0.344 e. The van der Waals surface area contributed by atoms with Gasteiger partial charge in [0.05, 0.1) is 26.8 Å². The van der Waals surface area contributed by atoms with Gasteiger partial charge in [-0.2, -0.15) is 0 Å². The molecule has 0 amide bonds. The number of carbonyl (C=O) groups is 3. The number of Topliss-reactive ketones (excluding diaryl/α,β-unsaturated/α-hetero) is 1. The van der Waals surface area contributed by atoms with E-state index in [0.717, 1.165) is 21.1 Å². The van der Waals surface area contributed by atoms with Gasteiger partial charge in [0.2, 0.25) is 0 Å². The minimum Gasteiger partial charge on any atom is -0.748 e. The Morgan fingerprint density at radius 1 is 0.769 bits per heavy atom. The first-order valence-corrected chi connectivity index (χ1v) is 20.0. The Morgan fingerprint density at radius 2 is 1.23 bits per heavy atom. The van der Waals surface area contributed by atoms with Crippen LogP contribution >= 0.6 is 0 Å². The van der Waals surface area contributed by atoms with E-state index >= 15 is 0 Å². The maximum atomic E-state index is 12.1. The van der Waals surface area contributed by atoms with Crippen LogP contribution in [0.2, 0.25) is 0 Å². The van der Waals surface area contributed by atoms with Crippen LogP contribution in [0.1, 0.15) is 74.7 Å². The fourth-order valence-electron chi connectivity index (χ4n) is 6.78. The average molecular weight is 755 g/mol. The molecule has 3 aromatic rings. The molecule has 2 unspecified atom stereocenters. The van der Waals surface area contributed by atoms with E-state index in [9.17, 15) is 27.4 Å². The van der Waals surface area contributed by atoms with E-state index in [1.807, 2.05) is 122 Å². The highest BCUT2D eigenvalue weighted by molar-refractivity contribution is 7.97. The molecule has 10 nitrogen and oxygen atoms in total. The van der Waals surface area contributed by atoms with Crippen LogP contribution in [0, 0.1) is 16.7 Å². The van der Waals surface area contributed by atoms with Crippen LogP contribution in [0.15, 0.2) is 93.5 Å². The van der Waals surface area contributed by atoms with Crippen LogP contribution in [0.3, 0.4) is 0 Å². The number of ketones is 1. The molecule has 282 valence electrons. The molecule has 0 aromatic heterocycles. The summed E-state index contributed by atoms with van der Waals surface area (Å²) in [7, 11) is -4.81. The molecule has 2 bridgehead atoms. The number of ether oxygens (including phenoxy) is 4. The van der Waals surface area contributed by atoms with E-state index < -0.39 is 55.3 Å². The van der Waals surface area contributed by atoms with Crippen LogP contribution < -0.4 is 9.47 Å². The maximum absolute atomic E-state index is 12.1. The molecule has 0 aliphatic heterocycles. The first-order valence-electron chi connectivity index (χ1n) is 17.2. The van der Waals surface area contributed by atoms with Crippen LogP contribution in [0.25, 0.3) is 0 Å². The molecule has 0 N–H and O–H groups in total. The third kappa shape index (κ3) is 10.8. The number of esters is 2. The lowest BCUT2D eigenvalue weighted by molar-refractivity contribution is -0.158. The molecule has 2 aliphatic carbocycles. The van der Waals surface area contributed by atoms with Crippen molar-refractivity contribution < 1.29 is 46.3 Å². The first-order chi connectivity index (χ1) is 24.1. The van der Waals surface area contributed by atoms with Gasteiger partial charge in [-0.05, 0) is 102 Å². The molecule has 2 atom stereocenters. The molecule has 52 heavy (non-hydrogen) atoms. The number of benzene rings is 3. The monoisotopic (exact) mass is 754 g/mol. The van der Waals surface area contributed by atoms with Crippen molar-refractivity contribution in [2.24, 2.45) is 16.7 Å². The minimum atomic E-state index is -4.33. The average Bonchev–Trinajstić information content (AvgIpc) is 3.36. The Balaban J connectivity index is 0.000000334. The lowest BCUT2D eigenvalue weighted by Gasteiger charge is -2.37. The number of carbonyl (C=O) groups excluding carboxylic acids is 3. The Bertz CT molecular complexity index is 1770. The summed E-state index contributed by atoms with van der Waals surface area (Å²) in [5.41, 5.74) is -2.36. The van der Waals surface area contributed by atoms with Crippen molar-refractivity contribution in [2.45, 2.75) is 101 Å². The minimum absolute atomic E-state index is 0.0248. The van der Waals surface area contributed by atoms with E-state index in [1.165, 1.54) is 0 Å². The van der Waals surface area contributed by atoms with E-state index in [4.69, 9.17) is 18.9 Å². The van der Waals surface area contributed by atoms with Gasteiger partial charge in [0.1, 0.15) is 28.5 Å². The van der Waals surface area contributed by atoms with Crippen molar-refractivity contribution in [3.63, 3.8) is 0 Å². The number of fused-ring (bicyclic) bond motifs is 2. The topological polar surface area (TPSA) is 145 Å². The van der Waals surface area contributed by atoms with E-state index in [1.54, 1.807) is 0 Å². The highest BCUT2D eigenvalue weighted by atomic mass is 32.2. The van der Waals surface area contributed by atoms with Crippen molar-refractivity contribution >= 4 is 38.7 Å². The normalized spacial score (nSPS) is 19.4. The zero-order valence-corrected chi connectivity index (χ0v) is 32.9. The second-order valence-electron chi connectivity index (χ2n) is 15.7. The standard InChI is InChI=1S/C30H35O6S.C10H16O4S/c1-29(2,3)35-27(31)20-33-22-12-10-16-25(18-22)37(24-14-8-7-9-15-24)26-17-11-13-23(19-26)34-21-28(32)36-30(4,5)6;1-9(2)7-3-4-10(9,8(11)5-7)6-15(12,13)14/h7-19H,20-21H2,1-6H3;7H,3-6H2,1-2H3,(H,12,13,14)/q+1;/p-1. The van der Waals surface area contributed by atoms with Crippen molar-refractivity contribution in [2.75, 3.05) is 19.0 Å². The Kier molecular flexibility index (Phi) is 12.6. The molecular formula is C40H50O10S2. The summed E-state index contributed by atoms with van der Waals surface area (Å²) in [4.78, 5) is 39.2. The molecule has 0 radical (unpaired) electrons. The summed E-state index contributed by atoms with van der Waals surface area (Å²) in [6.07, 6.45) is 1.88. The zero-order chi connectivity index (χ0) is 38.5. The molecule has 5 rings (SSSR count). The largest absolute Gasteiger partial charge is 0.748 e. The van der Waals surface area contributed by atoms with Crippen molar-refractivity contribution in [1.29, 1.82) is 0 Å². The molecule has 2 aliphatic rings. The molecule has 0 heterocycles. The van der Waals surface area contributed by atoms with Crippen LogP contribution in [0.5, 0.6) is 11.5 Å². The van der Waals surface area contributed by atoms with E-state index in [0.29, 0.717) is 24.3 Å². The summed E-state index contributed by atoms with van der Waals surface area (Å²) in [5.74, 6) is 0.0327. The molecule has 2 saturated carbocycles. The predicted molar refractivity (Wildman–Crippen MR) is 197 cm³/mol. The van der Waals surface area contributed by atoms with Gasteiger partial charge in [-0.25, -0.2) is 18.0 Å². The number of rotatable bonds is 11. The predicted octanol–water partition coefficient (Wildman–Crippen LogP) is 7.15. The van der Waals surface area contributed by atoms with Gasteiger partial charge < -0.3 is 23.5 Å².